The number of carbonyl (C=O) groups is 1. The summed E-state index contributed by atoms with van der Waals surface area (Å²) in [7, 11) is 0. The minimum absolute atomic E-state index is 0.0145. The number of alkyl halides is 3. The molecular weight excluding hydrogens is 459 g/mol. The van der Waals surface area contributed by atoms with E-state index in [2.05, 4.69) is 9.72 Å². The lowest BCUT2D eigenvalue weighted by Crippen LogP contribution is -2.49. The number of aromatic nitrogens is 1. The van der Waals surface area contributed by atoms with Gasteiger partial charge in [0.15, 0.2) is 5.13 Å². The van der Waals surface area contributed by atoms with Crippen LogP contribution in [0.2, 0.25) is 0 Å². The first-order valence-electron chi connectivity index (χ1n) is 10.0. The van der Waals surface area contributed by atoms with Crippen LogP contribution in [0.3, 0.4) is 0 Å². The highest BCUT2D eigenvalue weighted by Crippen LogP contribution is 2.33. The maximum absolute atomic E-state index is 12.9. The first-order chi connectivity index (χ1) is 15.8. The van der Waals surface area contributed by atoms with Gasteiger partial charge in [-0.05, 0) is 24.3 Å². The fourth-order valence-electron chi connectivity index (χ4n) is 3.71. The van der Waals surface area contributed by atoms with Crippen LogP contribution in [0, 0.1) is 0 Å². The maximum Gasteiger partial charge on any atom is 0.573 e. The number of amides is 1. The van der Waals surface area contributed by atoms with Crippen molar-refractivity contribution in [3.63, 3.8) is 0 Å². The summed E-state index contributed by atoms with van der Waals surface area (Å²) in [4.78, 5) is 33.3. The number of hydrogen-bond donors (Lipinski definition) is 0. The molecule has 170 valence electrons. The number of hydrogen-bond acceptors (Lipinski definition) is 7. The van der Waals surface area contributed by atoms with Crippen LogP contribution >= 0.6 is 11.3 Å². The van der Waals surface area contributed by atoms with Gasteiger partial charge in [-0.25, -0.2) is 9.78 Å². The van der Waals surface area contributed by atoms with Gasteiger partial charge in [0.25, 0.3) is 5.91 Å². The molecule has 0 radical (unpaired) electrons. The normalized spacial score (nSPS) is 14.8. The first kappa shape index (κ1) is 21.3. The van der Waals surface area contributed by atoms with E-state index in [1.165, 1.54) is 29.5 Å². The van der Waals surface area contributed by atoms with Crippen LogP contribution in [0.25, 0.3) is 21.2 Å². The van der Waals surface area contributed by atoms with E-state index in [1.807, 2.05) is 4.90 Å². The van der Waals surface area contributed by atoms with Gasteiger partial charge in [-0.2, -0.15) is 0 Å². The minimum Gasteiger partial charge on any atom is -0.422 e. The molecule has 1 aliphatic rings. The number of nitrogens with zero attached hydrogens (tertiary/aromatic N) is 3. The molecule has 1 saturated heterocycles. The number of piperazine rings is 1. The average molecular weight is 475 g/mol. The Balaban J connectivity index is 1.30. The van der Waals surface area contributed by atoms with Crippen LogP contribution < -0.4 is 15.3 Å². The zero-order chi connectivity index (χ0) is 23.2. The van der Waals surface area contributed by atoms with Gasteiger partial charge in [0.1, 0.15) is 16.9 Å². The second-order valence-corrected chi connectivity index (χ2v) is 8.45. The standard InChI is InChI=1S/C22H16F3N3O4S/c23-22(24,25)32-14-5-6-16-18(12-14)33-21(26-16)28-9-7-27(8-10-28)19(29)15-11-13-3-1-2-4-17(13)31-20(15)30/h1-6,11-12H,7-10H2. The van der Waals surface area contributed by atoms with Crippen molar-refractivity contribution in [3.8, 4) is 5.75 Å². The second-order valence-electron chi connectivity index (χ2n) is 7.44. The van der Waals surface area contributed by atoms with Crippen molar-refractivity contribution in [1.29, 1.82) is 0 Å². The van der Waals surface area contributed by atoms with Crippen LogP contribution in [0.1, 0.15) is 10.4 Å². The third-order valence-electron chi connectivity index (χ3n) is 5.29. The summed E-state index contributed by atoms with van der Waals surface area (Å²) in [6.07, 6.45) is -4.76. The van der Waals surface area contributed by atoms with Gasteiger partial charge >= 0.3 is 12.0 Å². The monoisotopic (exact) mass is 475 g/mol. The van der Waals surface area contributed by atoms with Crippen molar-refractivity contribution in [2.24, 2.45) is 0 Å². The second kappa shape index (κ2) is 8.07. The lowest BCUT2D eigenvalue weighted by molar-refractivity contribution is -0.274. The Labute approximate surface area is 188 Å². The lowest BCUT2D eigenvalue weighted by Gasteiger charge is -2.34. The molecule has 2 aromatic carbocycles. The topological polar surface area (TPSA) is 75.9 Å². The van der Waals surface area contributed by atoms with Gasteiger partial charge < -0.3 is 19.0 Å². The zero-order valence-electron chi connectivity index (χ0n) is 17.0. The van der Waals surface area contributed by atoms with Crippen LogP contribution in [-0.2, 0) is 0 Å². The number of carbonyl (C=O) groups excluding carboxylic acids is 1. The highest BCUT2D eigenvalue weighted by atomic mass is 32.1. The molecular formula is C22H16F3N3O4S. The number of benzene rings is 2. The van der Waals surface area contributed by atoms with E-state index in [9.17, 15) is 22.8 Å². The summed E-state index contributed by atoms with van der Waals surface area (Å²) < 4.78 is 47.2. The predicted molar refractivity (Wildman–Crippen MR) is 117 cm³/mol. The van der Waals surface area contributed by atoms with Gasteiger partial charge in [0.2, 0.25) is 0 Å². The highest BCUT2D eigenvalue weighted by molar-refractivity contribution is 7.22. The summed E-state index contributed by atoms with van der Waals surface area (Å²) in [6.45, 7) is 1.67. The fourth-order valence-corrected chi connectivity index (χ4v) is 4.75. The van der Waals surface area contributed by atoms with E-state index in [-0.39, 0.29) is 11.3 Å². The van der Waals surface area contributed by atoms with Crippen molar-refractivity contribution in [1.82, 2.24) is 9.88 Å². The SMILES string of the molecule is O=C(c1cc2ccccc2oc1=O)N1CCN(c2nc3ccc(OC(F)(F)F)cc3s2)CC1. The van der Waals surface area contributed by atoms with Crippen molar-refractivity contribution < 1.29 is 27.1 Å². The number of halogens is 3. The van der Waals surface area contributed by atoms with Crippen LogP contribution in [-0.4, -0.2) is 48.3 Å². The summed E-state index contributed by atoms with van der Waals surface area (Å²) in [5.74, 6) is -0.692. The Hall–Kier alpha value is -3.60. The number of thiazole rings is 1. The number of fused-ring (bicyclic) bond motifs is 2. The molecule has 3 heterocycles. The smallest absolute Gasteiger partial charge is 0.422 e. The molecule has 5 rings (SSSR count). The molecule has 0 aliphatic carbocycles. The number of rotatable bonds is 3. The van der Waals surface area contributed by atoms with E-state index in [4.69, 9.17) is 4.42 Å². The molecule has 2 aromatic heterocycles. The number of anilines is 1. The Morgan fingerprint density at radius 2 is 1.82 bits per heavy atom. The number of para-hydroxylation sites is 1. The van der Waals surface area contributed by atoms with Gasteiger partial charge in [0.05, 0.1) is 10.2 Å². The minimum atomic E-state index is -4.76. The quantitative estimate of drug-likeness (QED) is 0.412. The van der Waals surface area contributed by atoms with Gasteiger partial charge in [-0.15, -0.1) is 13.2 Å². The van der Waals surface area contributed by atoms with Gasteiger partial charge in [-0.1, -0.05) is 29.5 Å². The first-order valence-corrected chi connectivity index (χ1v) is 10.8. The molecule has 0 N–H and O–H groups in total. The molecule has 7 nitrogen and oxygen atoms in total. The molecule has 1 amide bonds. The molecule has 33 heavy (non-hydrogen) atoms. The van der Waals surface area contributed by atoms with Crippen molar-refractivity contribution in [2.75, 3.05) is 31.1 Å². The van der Waals surface area contributed by atoms with Crippen LogP contribution in [0.4, 0.5) is 18.3 Å². The molecule has 0 unspecified atom stereocenters. The predicted octanol–water partition coefficient (Wildman–Crippen LogP) is 4.26. The number of ether oxygens (including phenoxy) is 1. The molecule has 0 bridgehead atoms. The summed E-state index contributed by atoms with van der Waals surface area (Å²) in [5.41, 5.74) is 0.295. The molecule has 1 fully saturated rings. The maximum atomic E-state index is 12.9. The van der Waals surface area contributed by atoms with E-state index in [0.29, 0.717) is 52.5 Å². The molecule has 4 aromatic rings. The third-order valence-corrected chi connectivity index (χ3v) is 6.37. The molecule has 0 spiro atoms. The molecule has 0 saturated carbocycles. The molecule has 11 heteroatoms. The molecule has 1 aliphatic heterocycles. The van der Waals surface area contributed by atoms with Crippen molar-refractivity contribution >= 4 is 43.6 Å². The third kappa shape index (κ3) is 4.36. The van der Waals surface area contributed by atoms with Crippen LogP contribution in [0.5, 0.6) is 5.75 Å². The van der Waals surface area contributed by atoms with Crippen molar-refractivity contribution in [2.45, 2.75) is 6.36 Å². The highest BCUT2D eigenvalue weighted by Gasteiger charge is 2.31. The van der Waals surface area contributed by atoms with E-state index < -0.39 is 17.9 Å². The van der Waals surface area contributed by atoms with Gasteiger partial charge in [-0.3, -0.25) is 4.79 Å². The lowest BCUT2D eigenvalue weighted by atomic mass is 10.1. The summed E-state index contributed by atoms with van der Waals surface area (Å²) >= 11 is 1.25. The van der Waals surface area contributed by atoms with Crippen molar-refractivity contribution in [3.05, 3.63) is 64.5 Å². The Morgan fingerprint density at radius 1 is 1.06 bits per heavy atom. The van der Waals surface area contributed by atoms with E-state index >= 15 is 0 Å². The zero-order valence-corrected chi connectivity index (χ0v) is 17.8. The Kier molecular flexibility index (Phi) is 5.20. The fraction of sp³-hybridized carbons (Fsp3) is 0.227. The average Bonchev–Trinajstić information content (AvgIpc) is 3.20. The van der Waals surface area contributed by atoms with Crippen LogP contribution in [0.15, 0.2) is 57.7 Å². The van der Waals surface area contributed by atoms with Gasteiger partial charge in [0, 0.05) is 37.6 Å². The molecule has 0 atom stereocenters. The van der Waals surface area contributed by atoms with E-state index in [1.54, 1.807) is 35.2 Å². The van der Waals surface area contributed by atoms with E-state index in [0.717, 1.165) is 0 Å². The Morgan fingerprint density at radius 3 is 2.58 bits per heavy atom. The Bertz CT molecular complexity index is 1410. The summed E-state index contributed by atoms with van der Waals surface area (Å²) in [5, 5.41) is 1.31. The largest absolute Gasteiger partial charge is 0.573 e. The summed E-state index contributed by atoms with van der Waals surface area (Å²) in [6, 6.07) is 12.5.